The van der Waals surface area contributed by atoms with E-state index >= 15 is 0 Å². The molecule has 13 nitrogen and oxygen atoms in total. The summed E-state index contributed by atoms with van der Waals surface area (Å²) < 4.78 is 0. The molecule has 0 unspecified atom stereocenters. The molecule has 202 valence electrons. The second kappa shape index (κ2) is 13.3. The number of aliphatic hydroxyl groups is 1. The van der Waals surface area contributed by atoms with E-state index in [9.17, 15) is 39.0 Å². The van der Waals surface area contributed by atoms with Gasteiger partial charge in [-0.3, -0.25) is 24.0 Å². The van der Waals surface area contributed by atoms with E-state index in [0.29, 0.717) is 5.56 Å². The normalized spacial score (nSPS) is 22.2. The summed E-state index contributed by atoms with van der Waals surface area (Å²) in [6.45, 7) is -1.03. The van der Waals surface area contributed by atoms with E-state index in [4.69, 9.17) is 0 Å². The average molecular weight is 546 g/mol. The summed E-state index contributed by atoms with van der Waals surface area (Å²) in [5.41, 5.74) is 0.822. The Balaban J connectivity index is 1.78. The summed E-state index contributed by atoms with van der Waals surface area (Å²) in [5.74, 6) is -5.05. The number of aliphatic carboxylic acids is 1. The van der Waals surface area contributed by atoms with Crippen LogP contribution in [0.1, 0.15) is 16.9 Å². The van der Waals surface area contributed by atoms with Crippen molar-refractivity contribution in [1.82, 2.24) is 21.3 Å². The van der Waals surface area contributed by atoms with E-state index in [0.717, 1.165) is 4.88 Å². The number of amides is 5. The van der Waals surface area contributed by atoms with Crippen LogP contribution in [0.15, 0.2) is 41.8 Å². The molecule has 0 radical (unpaired) electrons. The van der Waals surface area contributed by atoms with Crippen molar-refractivity contribution in [2.45, 2.75) is 37.5 Å². The van der Waals surface area contributed by atoms with Crippen molar-refractivity contribution in [3.8, 4) is 0 Å². The van der Waals surface area contributed by atoms with Crippen LogP contribution in [0.25, 0.3) is 0 Å². The van der Waals surface area contributed by atoms with E-state index in [-0.39, 0.29) is 18.5 Å². The molecule has 0 fully saturated rings. The van der Waals surface area contributed by atoms with Gasteiger partial charge in [-0.1, -0.05) is 18.2 Å². The lowest BCUT2D eigenvalue weighted by atomic mass is 10.1. The highest BCUT2D eigenvalue weighted by molar-refractivity contribution is 7.09. The molecule has 2 aliphatic rings. The standard InChI is InChI=1S/C24H27N5O8S/c30-18-10-19(31)28-16(9-15-2-1-7-38-15)22(34)26-11-20(32)25-12-21(33)29-17(24(36)37)8-13-3-5-14(6-4-13)27-23(18)35/h1-7,16-18,30H,8-12H2,(H,25,32)(H,26,34)(H,27,35)(H,28,31)(H,29,33)(H,36,37)/t16-,17+,18-/m1/s1. The molecular formula is C24H27N5O8S. The first-order valence-electron chi connectivity index (χ1n) is 11.6. The van der Waals surface area contributed by atoms with E-state index in [2.05, 4.69) is 26.6 Å². The molecule has 1 aromatic heterocycles. The molecule has 7 N–H and O–H groups in total. The van der Waals surface area contributed by atoms with Gasteiger partial charge >= 0.3 is 5.97 Å². The van der Waals surface area contributed by atoms with Crippen LogP contribution in [0.2, 0.25) is 0 Å². The Morgan fingerprint density at radius 1 is 0.868 bits per heavy atom. The fourth-order valence-corrected chi connectivity index (χ4v) is 4.28. The van der Waals surface area contributed by atoms with Crippen LogP contribution in [0.3, 0.4) is 0 Å². The third kappa shape index (κ3) is 8.67. The number of benzene rings is 1. The van der Waals surface area contributed by atoms with Gasteiger partial charge in [0.1, 0.15) is 18.2 Å². The fourth-order valence-electron chi connectivity index (χ4n) is 3.52. The van der Waals surface area contributed by atoms with Crippen molar-refractivity contribution in [1.29, 1.82) is 0 Å². The Bertz CT molecular complexity index is 1180. The molecule has 38 heavy (non-hydrogen) atoms. The van der Waals surface area contributed by atoms with Crippen molar-refractivity contribution < 1.29 is 39.0 Å². The largest absolute Gasteiger partial charge is 0.480 e. The molecule has 2 aliphatic heterocycles. The molecule has 1 aromatic carbocycles. The molecule has 0 spiro atoms. The van der Waals surface area contributed by atoms with Gasteiger partial charge in [0.15, 0.2) is 0 Å². The number of fused-ring (bicyclic) bond motifs is 18. The van der Waals surface area contributed by atoms with Gasteiger partial charge < -0.3 is 36.8 Å². The number of anilines is 1. The zero-order valence-electron chi connectivity index (χ0n) is 20.1. The minimum atomic E-state index is -1.72. The molecule has 3 heterocycles. The van der Waals surface area contributed by atoms with Crippen LogP contribution in [-0.4, -0.2) is 77.0 Å². The lowest BCUT2D eigenvalue weighted by Gasteiger charge is -2.19. The number of carbonyl (C=O) groups is 6. The number of nitrogens with one attached hydrogen (secondary N) is 5. The summed E-state index contributed by atoms with van der Waals surface area (Å²) in [7, 11) is 0. The maximum absolute atomic E-state index is 12.8. The third-order valence-electron chi connectivity index (χ3n) is 5.48. The first-order chi connectivity index (χ1) is 18.1. The number of thiophene rings is 1. The predicted molar refractivity (Wildman–Crippen MR) is 135 cm³/mol. The quantitative estimate of drug-likeness (QED) is 0.226. The molecule has 5 amide bonds. The molecule has 2 bridgehead atoms. The molecule has 2 aromatic rings. The number of carboxylic acids is 1. The number of rotatable bonds is 3. The van der Waals surface area contributed by atoms with Gasteiger partial charge in [-0.2, -0.15) is 0 Å². The predicted octanol–water partition coefficient (Wildman–Crippen LogP) is -1.48. The third-order valence-corrected chi connectivity index (χ3v) is 6.38. The molecule has 0 saturated carbocycles. The first kappa shape index (κ1) is 28.3. The van der Waals surface area contributed by atoms with E-state index < -0.39 is 73.2 Å². The maximum atomic E-state index is 12.8. The van der Waals surface area contributed by atoms with E-state index in [1.54, 1.807) is 17.5 Å². The van der Waals surface area contributed by atoms with Crippen LogP contribution < -0.4 is 26.6 Å². The molecular weight excluding hydrogens is 518 g/mol. The highest BCUT2D eigenvalue weighted by atomic mass is 32.1. The van der Waals surface area contributed by atoms with E-state index in [1.807, 2.05) is 0 Å². The summed E-state index contributed by atoms with van der Waals surface area (Å²) in [4.78, 5) is 74.5. The number of aliphatic hydroxyl groups excluding tert-OH is 1. The van der Waals surface area contributed by atoms with Crippen molar-refractivity contribution in [2.75, 3.05) is 18.4 Å². The SMILES string of the molecule is O=C1CNC(=O)[C@@H](Cc2cccs2)NC(=O)C[C@@H](O)C(=O)Nc2ccc(cc2)C[C@@H](C(=O)O)NC(=O)CN1. The van der Waals surface area contributed by atoms with Gasteiger partial charge in [0, 0.05) is 23.4 Å². The lowest BCUT2D eigenvalue weighted by molar-refractivity contribution is -0.141. The number of carbonyl (C=O) groups excluding carboxylic acids is 5. The highest BCUT2D eigenvalue weighted by Gasteiger charge is 2.26. The first-order valence-corrected chi connectivity index (χ1v) is 12.4. The average Bonchev–Trinajstić information content (AvgIpc) is 3.38. The topological polar surface area (TPSA) is 203 Å². The van der Waals surface area contributed by atoms with Crippen molar-refractivity contribution in [2.24, 2.45) is 0 Å². The molecule has 4 rings (SSSR count). The summed E-state index contributed by atoms with van der Waals surface area (Å²) >= 11 is 1.35. The smallest absolute Gasteiger partial charge is 0.326 e. The molecule has 0 aliphatic carbocycles. The zero-order chi connectivity index (χ0) is 27.7. The van der Waals surface area contributed by atoms with Gasteiger partial charge in [0.05, 0.1) is 19.5 Å². The second-order valence-electron chi connectivity index (χ2n) is 8.47. The number of hydrogen-bond acceptors (Lipinski definition) is 8. The van der Waals surface area contributed by atoms with Crippen LogP contribution in [-0.2, 0) is 41.6 Å². The minimum Gasteiger partial charge on any atom is -0.480 e. The number of hydrogen-bond donors (Lipinski definition) is 7. The summed E-state index contributed by atoms with van der Waals surface area (Å²) in [5, 5.41) is 33.4. The Kier molecular flexibility index (Phi) is 9.90. The Hall–Kier alpha value is -4.30. The lowest BCUT2D eigenvalue weighted by Crippen LogP contribution is -2.51. The summed E-state index contributed by atoms with van der Waals surface area (Å²) in [6.07, 6.45) is -2.31. The van der Waals surface area contributed by atoms with Crippen molar-refractivity contribution >= 4 is 52.5 Å². The molecule has 14 heteroatoms. The second-order valence-corrected chi connectivity index (χ2v) is 9.50. The van der Waals surface area contributed by atoms with Crippen LogP contribution in [0.4, 0.5) is 5.69 Å². The van der Waals surface area contributed by atoms with Gasteiger partial charge in [-0.25, -0.2) is 4.79 Å². The van der Waals surface area contributed by atoms with Gasteiger partial charge in [0.25, 0.3) is 5.91 Å². The van der Waals surface area contributed by atoms with Crippen LogP contribution in [0.5, 0.6) is 0 Å². The fraction of sp³-hybridized carbons (Fsp3) is 0.333. The van der Waals surface area contributed by atoms with Crippen molar-refractivity contribution in [3.63, 3.8) is 0 Å². The van der Waals surface area contributed by atoms with E-state index in [1.165, 1.54) is 35.6 Å². The molecule has 0 saturated heterocycles. The van der Waals surface area contributed by atoms with Gasteiger partial charge in [-0.15, -0.1) is 11.3 Å². The molecule has 3 atom stereocenters. The van der Waals surface area contributed by atoms with Gasteiger partial charge in [-0.05, 0) is 29.1 Å². The van der Waals surface area contributed by atoms with Crippen LogP contribution in [0, 0.1) is 0 Å². The minimum absolute atomic E-state index is 0.0757. The van der Waals surface area contributed by atoms with Crippen molar-refractivity contribution in [3.05, 3.63) is 52.2 Å². The van der Waals surface area contributed by atoms with Crippen LogP contribution >= 0.6 is 11.3 Å². The highest BCUT2D eigenvalue weighted by Crippen LogP contribution is 2.14. The monoisotopic (exact) mass is 545 g/mol. The summed E-state index contributed by atoms with van der Waals surface area (Å²) in [6, 6.07) is 7.15. The Labute approximate surface area is 221 Å². The Morgan fingerprint density at radius 3 is 2.24 bits per heavy atom. The maximum Gasteiger partial charge on any atom is 0.326 e. The Morgan fingerprint density at radius 2 is 1.58 bits per heavy atom. The van der Waals surface area contributed by atoms with Gasteiger partial charge in [0.2, 0.25) is 23.6 Å². The number of carboxylic acid groups (broad SMARTS) is 1. The zero-order valence-corrected chi connectivity index (χ0v) is 20.9.